The van der Waals surface area contributed by atoms with Crippen LogP contribution in [0.1, 0.15) is 25.5 Å². The van der Waals surface area contributed by atoms with Gasteiger partial charge in [-0.1, -0.05) is 13.3 Å². The molecule has 1 saturated heterocycles. The Hall–Kier alpha value is -0.320. The van der Waals surface area contributed by atoms with Gasteiger partial charge in [-0.15, -0.1) is 0 Å². The lowest BCUT2D eigenvalue weighted by Gasteiger charge is -2.46. The van der Waals surface area contributed by atoms with Gasteiger partial charge in [0.2, 0.25) is 0 Å². The van der Waals surface area contributed by atoms with Crippen LogP contribution in [-0.4, -0.2) is 28.7 Å². The van der Waals surface area contributed by atoms with Crippen molar-refractivity contribution in [1.82, 2.24) is 4.90 Å². The van der Waals surface area contributed by atoms with Gasteiger partial charge in [-0.25, -0.2) is 0 Å². The SMILES string of the molecule is CCCC1(O)CN(Cc2ccc(Br)o2)C1. The number of nitrogens with zero attached hydrogens (tertiary/aromatic N) is 1. The average Bonchev–Trinajstić information content (AvgIpc) is 2.49. The third kappa shape index (κ3) is 2.62. The van der Waals surface area contributed by atoms with Gasteiger partial charge in [0.25, 0.3) is 0 Å². The highest BCUT2D eigenvalue weighted by atomic mass is 79.9. The van der Waals surface area contributed by atoms with Crippen molar-refractivity contribution >= 4 is 15.9 Å². The molecule has 15 heavy (non-hydrogen) atoms. The van der Waals surface area contributed by atoms with Crippen molar-refractivity contribution in [3.8, 4) is 0 Å². The fourth-order valence-electron chi connectivity index (χ4n) is 2.18. The summed E-state index contributed by atoms with van der Waals surface area (Å²) < 4.78 is 6.18. The maximum atomic E-state index is 9.98. The molecule has 0 radical (unpaired) electrons. The summed E-state index contributed by atoms with van der Waals surface area (Å²) in [7, 11) is 0. The van der Waals surface area contributed by atoms with Crippen LogP contribution in [-0.2, 0) is 6.54 Å². The second kappa shape index (κ2) is 4.28. The van der Waals surface area contributed by atoms with E-state index in [1.807, 2.05) is 12.1 Å². The quantitative estimate of drug-likeness (QED) is 0.915. The Morgan fingerprint density at radius 3 is 2.80 bits per heavy atom. The highest BCUT2D eigenvalue weighted by molar-refractivity contribution is 9.10. The molecule has 0 bridgehead atoms. The smallest absolute Gasteiger partial charge is 0.169 e. The highest BCUT2D eigenvalue weighted by Gasteiger charge is 2.40. The van der Waals surface area contributed by atoms with Crippen LogP contribution in [0, 0.1) is 0 Å². The Morgan fingerprint density at radius 2 is 2.27 bits per heavy atom. The van der Waals surface area contributed by atoms with Gasteiger partial charge < -0.3 is 9.52 Å². The zero-order chi connectivity index (χ0) is 10.9. The summed E-state index contributed by atoms with van der Waals surface area (Å²) in [6.07, 6.45) is 1.93. The number of likely N-dealkylation sites (tertiary alicyclic amines) is 1. The van der Waals surface area contributed by atoms with E-state index in [1.165, 1.54) is 0 Å². The van der Waals surface area contributed by atoms with E-state index in [2.05, 4.69) is 27.8 Å². The van der Waals surface area contributed by atoms with Crippen molar-refractivity contribution in [2.45, 2.75) is 31.9 Å². The van der Waals surface area contributed by atoms with Gasteiger partial charge >= 0.3 is 0 Å². The van der Waals surface area contributed by atoms with Gasteiger partial charge in [0.05, 0.1) is 12.1 Å². The Kier molecular flexibility index (Phi) is 3.19. The van der Waals surface area contributed by atoms with Crippen LogP contribution in [0.15, 0.2) is 21.2 Å². The molecule has 2 heterocycles. The molecule has 2 rings (SSSR count). The largest absolute Gasteiger partial charge is 0.453 e. The Balaban J connectivity index is 1.80. The van der Waals surface area contributed by atoms with Crippen LogP contribution in [0.25, 0.3) is 0 Å². The van der Waals surface area contributed by atoms with Gasteiger partial charge in [-0.3, -0.25) is 4.90 Å². The monoisotopic (exact) mass is 273 g/mol. The molecule has 1 aromatic heterocycles. The van der Waals surface area contributed by atoms with Crippen molar-refractivity contribution in [3.05, 3.63) is 22.6 Å². The number of aliphatic hydroxyl groups is 1. The molecule has 0 aliphatic carbocycles. The van der Waals surface area contributed by atoms with Crippen LogP contribution in [0.2, 0.25) is 0 Å². The van der Waals surface area contributed by atoms with E-state index >= 15 is 0 Å². The third-order valence-electron chi connectivity index (χ3n) is 2.76. The summed E-state index contributed by atoms with van der Waals surface area (Å²) >= 11 is 3.27. The van der Waals surface area contributed by atoms with E-state index in [1.54, 1.807) is 0 Å². The highest BCUT2D eigenvalue weighted by Crippen LogP contribution is 2.27. The standard InChI is InChI=1S/C11H16BrNO2/c1-2-5-11(14)7-13(8-11)6-9-3-4-10(12)15-9/h3-4,14H,2,5-8H2,1H3. The second-order valence-electron chi connectivity index (χ2n) is 4.33. The predicted molar refractivity (Wildman–Crippen MR) is 61.5 cm³/mol. The topological polar surface area (TPSA) is 36.6 Å². The zero-order valence-electron chi connectivity index (χ0n) is 8.87. The average molecular weight is 274 g/mol. The summed E-state index contributed by atoms with van der Waals surface area (Å²) in [6, 6.07) is 3.86. The van der Waals surface area contributed by atoms with Crippen LogP contribution in [0.3, 0.4) is 0 Å². The first-order valence-corrected chi connectivity index (χ1v) is 6.09. The molecule has 0 aromatic carbocycles. The maximum absolute atomic E-state index is 9.98. The minimum atomic E-state index is -0.446. The maximum Gasteiger partial charge on any atom is 0.169 e. The Labute approximate surface area is 98.2 Å². The molecule has 1 aliphatic heterocycles. The first-order chi connectivity index (χ1) is 7.11. The number of hydrogen-bond acceptors (Lipinski definition) is 3. The van der Waals surface area contributed by atoms with E-state index in [0.717, 1.165) is 42.9 Å². The lowest BCUT2D eigenvalue weighted by atomic mass is 9.89. The molecule has 1 aromatic rings. The van der Waals surface area contributed by atoms with Gasteiger partial charge in [0, 0.05) is 13.1 Å². The molecule has 0 saturated carbocycles. The van der Waals surface area contributed by atoms with E-state index in [0.29, 0.717) is 0 Å². The second-order valence-corrected chi connectivity index (χ2v) is 5.11. The molecule has 0 amide bonds. The number of halogens is 1. The molecule has 3 nitrogen and oxygen atoms in total. The van der Waals surface area contributed by atoms with E-state index in [4.69, 9.17) is 4.42 Å². The minimum absolute atomic E-state index is 0.446. The molecule has 0 unspecified atom stereocenters. The summed E-state index contributed by atoms with van der Waals surface area (Å²) in [5, 5.41) is 9.98. The molecular formula is C11H16BrNO2. The number of rotatable bonds is 4. The van der Waals surface area contributed by atoms with Gasteiger partial charge in [0.15, 0.2) is 4.67 Å². The summed E-state index contributed by atoms with van der Waals surface area (Å²) in [5.74, 6) is 0.945. The van der Waals surface area contributed by atoms with E-state index in [-0.39, 0.29) is 0 Å². The Bertz CT molecular complexity index is 331. The van der Waals surface area contributed by atoms with Gasteiger partial charge in [0.1, 0.15) is 5.76 Å². The molecule has 1 fully saturated rings. The molecular weight excluding hydrogens is 258 g/mol. The van der Waals surface area contributed by atoms with Gasteiger partial charge in [-0.2, -0.15) is 0 Å². The van der Waals surface area contributed by atoms with Crippen molar-refractivity contribution < 1.29 is 9.52 Å². The number of hydrogen-bond donors (Lipinski definition) is 1. The van der Waals surface area contributed by atoms with Crippen LogP contribution >= 0.6 is 15.9 Å². The zero-order valence-corrected chi connectivity index (χ0v) is 10.5. The molecule has 1 N–H and O–H groups in total. The molecule has 1 aliphatic rings. The molecule has 0 atom stereocenters. The van der Waals surface area contributed by atoms with Crippen molar-refractivity contribution in [2.75, 3.05) is 13.1 Å². The number of β-amino-alcohol motifs (C(OH)–C–C–N with tert-alkyl or cyclic N) is 1. The Morgan fingerprint density at radius 1 is 1.53 bits per heavy atom. The summed E-state index contributed by atoms with van der Waals surface area (Å²) in [4.78, 5) is 2.20. The van der Waals surface area contributed by atoms with Crippen molar-refractivity contribution in [2.24, 2.45) is 0 Å². The normalized spacial score (nSPS) is 20.2. The number of furan rings is 1. The fraction of sp³-hybridized carbons (Fsp3) is 0.636. The van der Waals surface area contributed by atoms with Gasteiger partial charge in [-0.05, 0) is 34.5 Å². The van der Waals surface area contributed by atoms with Crippen LogP contribution < -0.4 is 0 Å². The van der Waals surface area contributed by atoms with E-state index < -0.39 is 5.60 Å². The minimum Gasteiger partial charge on any atom is -0.453 e. The first-order valence-electron chi connectivity index (χ1n) is 5.30. The molecule has 0 spiro atoms. The lowest BCUT2D eigenvalue weighted by Crippen LogP contribution is -2.60. The summed E-state index contributed by atoms with van der Waals surface area (Å²) in [5.41, 5.74) is -0.446. The summed E-state index contributed by atoms with van der Waals surface area (Å²) in [6.45, 7) is 4.42. The van der Waals surface area contributed by atoms with Crippen molar-refractivity contribution in [1.29, 1.82) is 0 Å². The van der Waals surface area contributed by atoms with Crippen LogP contribution in [0.4, 0.5) is 0 Å². The van der Waals surface area contributed by atoms with E-state index in [9.17, 15) is 5.11 Å². The molecule has 4 heteroatoms. The molecule has 84 valence electrons. The first kappa shape index (κ1) is 11.2. The predicted octanol–water partition coefficient (Wildman–Crippen LogP) is 2.39. The third-order valence-corrected chi connectivity index (χ3v) is 3.19. The van der Waals surface area contributed by atoms with Crippen LogP contribution in [0.5, 0.6) is 0 Å². The fourth-order valence-corrected chi connectivity index (χ4v) is 2.52. The lowest BCUT2D eigenvalue weighted by molar-refractivity contribution is -0.108. The van der Waals surface area contributed by atoms with Crippen molar-refractivity contribution in [3.63, 3.8) is 0 Å².